The van der Waals surface area contributed by atoms with Crippen molar-refractivity contribution in [1.29, 1.82) is 0 Å². The zero-order valence-electron chi connectivity index (χ0n) is 11.2. The van der Waals surface area contributed by atoms with Gasteiger partial charge in [0.05, 0.1) is 12.2 Å². The number of aryl methyl sites for hydroxylation is 1. The van der Waals surface area contributed by atoms with Crippen molar-refractivity contribution in [1.82, 2.24) is 0 Å². The van der Waals surface area contributed by atoms with Crippen molar-refractivity contribution >= 4 is 11.4 Å². The van der Waals surface area contributed by atoms with Crippen molar-refractivity contribution in [3.05, 3.63) is 17.7 Å². The van der Waals surface area contributed by atoms with E-state index >= 15 is 0 Å². The van der Waals surface area contributed by atoms with Gasteiger partial charge in [-0.2, -0.15) is 0 Å². The third kappa shape index (κ3) is 3.15. The molecule has 1 aromatic carbocycles. The molecule has 0 spiro atoms. The SMILES string of the molecule is CN=C1CCN(c2c(C)cc(O)cc2OC(F)(F)F)C1. The van der Waals surface area contributed by atoms with E-state index in [9.17, 15) is 18.3 Å². The van der Waals surface area contributed by atoms with E-state index in [0.717, 1.165) is 11.8 Å². The van der Waals surface area contributed by atoms with Crippen LogP contribution in [0.3, 0.4) is 0 Å². The Balaban J connectivity index is 2.40. The van der Waals surface area contributed by atoms with Gasteiger partial charge in [-0.1, -0.05) is 0 Å². The van der Waals surface area contributed by atoms with E-state index in [1.54, 1.807) is 18.9 Å². The maximum Gasteiger partial charge on any atom is 0.573 e. The summed E-state index contributed by atoms with van der Waals surface area (Å²) in [4.78, 5) is 5.85. The predicted molar refractivity (Wildman–Crippen MR) is 69.7 cm³/mol. The highest BCUT2D eigenvalue weighted by atomic mass is 19.4. The molecule has 1 heterocycles. The van der Waals surface area contributed by atoms with Gasteiger partial charge >= 0.3 is 6.36 Å². The van der Waals surface area contributed by atoms with Gasteiger partial charge in [-0.25, -0.2) is 0 Å². The van der Waals surface area contributed by atoms with Crippen LogP contribution in [0.4, 0.5) is 18.9 Å². The third-order valence-electron chi connectivity index (χ3n) is 3.15. The lowest BCUT2D eigenvalue weighted by molar-refractivity contribution is -0.274. The Bertz CT molecular complexity index is 541. The zero-order valence-corrected chi connectivity index (χ0v) is 11.2. The van der Waals surface area contributed by atoms with Crippen LogP contribution < -0.4 is 9.64 Å². The molecule has 0 bridgehead atoms. The maximum atomic E-state index is 12.5. The lowest BCUT2D eigenvalue weighted by Gasteiger charge is -2.24. The molecule has 1 aliphatic rings. The summed E-state index contributed by atoms with van der Waals surface area (Å²) >= 11 is 0. The highest BCUT2D eigenvalue weighted by Crippen LogP contribution is 2.39. The second-order valence-electron chi connectivity index (χ2n) is 4.62. The molecule has 0 aliphatic carbocycles. The quantitative estimate of drug-likeness (QED) is 0.910. The molecule has 0 aromatic heterocycles. The molecule has 110 valence electrons. The van der Waals surface area contributed by atoms with Gasteiger partial charge in [0.2, 0.25) is 0 Å². The van der Waals surface area contributed by atoms with Crippen LogP contribution in [0.2, 0.25) is 0 Å². The minimum atomic E-state index is -4.80. The first-order chi connectivity index (χ1) is 9.30. The second kappa shape index (κ2) is 5.22. The van der Waals surface area contributed by atoms with Crippen molar-refractivity contribution < 1.29 is 23.0 Å². The molecular formula is C13H15F3N2O2. The summed E-state index contributed by atoms with van der Waals surface area (Å²) in [6.07, 6.45) is -4.08. The van der Waals surface area contributed by atoms with Gasteiger partial charge < -0.3 is 14.7 Å². The topological polar surface area (TPSA) is 45.1 Å². The first-order valence-electron chi connectivity index (χ1n) is 6.09. The number of ether oxygens (including phenoxy) is 1. The Morgan fingerprint density at radius 3 is 2.60 bits per heavy atom. The van der Waals surface area contributed by atoms with Gasteiger partial charge in [-0.3, -0.25) is 4.99 Å². The number of phenols is 1. The molecule has 20 heavy (non-hydrogen) atoms. The summed E-state index contributed by atoms with van der Waals surface area (Å²) in [6.45, 7) is 2.68. The number of anilines is 1. The third-order valence-corrected chi connectivity index (χ3v) is 3.15. The van der Waals surface area contributed by atoms with Crippen molar-refractivity contribution in [3.8, 4) is 11.5 Å². The molecule has 0 atom stereocenters. The molecule has 2 rings (SSSR count). The Morgan fingerprint density at radius 2 is 2.05 bits per heavy atom. The van der Waals surface area contributed by atoms with Gasteiger partial charge in [0.1, 0.15) is 5.75 Å². The summed E-state index contributed by atoms with van der Waals surface area (Å²) in [5.74, 6) is -0.638. The van der Waals surface area contributed by atoms with Crippen molar-refractivity contribution in [2.45, 2.75) is 19.7 Å². The zero-order chi connectivity index (χ0) is 14.9. The van der Waals surface area contributed by atoms with Crippen LogP contribution in [-0.2, 0) is 0 Å². The van der Waals surface area contributed by atoms with Gasteiger partial charge in [-0.15, -0.1) is 13.2 Å². The Labute approximate surface area is 114 Å². The number of halogens is 3. The van der Waals surface area contributed by atoms with Crippen LogP contribution in [0.15, 0.2) is 17.1 Å². The average molecular weight is 288 g/mol. The second-order valence-corrected chi connectivity index (χ2v) is 4.62. The van der Waals surface area contributed by atoms with E-state index in [1.165, 1.54) is 6.07 Å². The summed E-state index contributed by atoms with van der Waals surface area (Å²) < 4.78 is 41.4. The number of aromatic hydroxyl groups is 1. The average Bonchev–Trinajstić information content (AvgIpc) is 2.74. The van der Waals surface area contributed by atoms with E-state index < -0.39 is 6.36 Å². The first kappa shape index (κ1) is 14.5. The summed E-state index contributed by atoms with van der Waals surface area (Å²) in [5.41, 5.74) is 1.80. The fourth-order valence-corrected chi connectivity index (χ4v) is 2.35. The number of hydrogen-bond donors (Lipinski definition) is 1. The minimum absolute atomic E-state index is 0.255. The Kier molecular flexibility index (Phi) is 3.78. The maximum absolute atomic E-state index is 12.5. The van der Waals surface area contributed by atoms with Gasteiger partial charge in [0, 0.05) is 31.8 Å². The van der Waals surface area contributed by atoms with Crippen LogP contribution in [0.5, 0.6) is 11.5 Å². The van der Waals surface area contributed by atoms with Crippen LogP contribution >= 0.6 is 0 Å². The predicted octanol–water partition coefficient (Wildman–Crippen LogP) is 2.88. The molecule has 7 heteroatoms. The first-order valence-corrected chi connectivity index (χ1v) is 6.09. The lowest BCUT2D eigenvalue weighted by atomic mass is 10.1. The monoisotopic (exact) mass is 288 g/mol. The highest BCUT2D eigenvalue weighted by molar-refractivity contribution is 5.93. The molecule has 4 nitrogen and oxygen atoms in total. The number of nitrogens with zero attached hydrogens (tertiary/aromatic N) is 2. The highest BCUT2D eigenvalue weighted by Gasteiger charge is 2.34. The van der Waals surface area contributed by atoms with Gasteiger partial charge in [0.25, 0.3) is 0 Å². The van der Waals surface area contributed by atoms with E-state index in [1.807, 2.05) is 0 Å². The molecule has 1 N–H and O–H groups in total. The largest absolute Gasteiger partial charge is 0.573 e. The fraction of sp³-hybridized carbons (Fsp3) is 0.462. The number of benzene rings is 1. The summed E-state index contributed by atoms with van der Waals surface area (Å²) in [6, 6.07) is 2.40. The Hall–Kier alpha value is -1.92. The van der Waals surface area contributed by atoms with Crippen LogP contribution in [0, 0.1) is 6.92 Å². The number of hydrogen-bond acceptors (Lipinski definition) is 4. The van der Waals surface area contributed by atoms with Gasteiger partial charge in [0.15, 0.2) is 5.75 Å². The van der Waals surface area contributed by atoms with Crippen molar-refractivity contribution in [2.24, 2.45) is 4.99 Å². The van der Waals surface area contributed by atoms with E-state index in [0.29, 0.717) is 30.8 Å². The van der Waals surface area contributed by atoms with Crippen LogP contribution in [-0.4, -0.2) is 37.3 Å². The standard InChI is InChI=1S/C13H15F3N2O2/c1-8-5-10(19)6-11(20-13(14,15)16)12(8)18-4-3-9(7-18)17-2/h5-6,19H,3-4,7H2,1-2H3. The van der Waals surface area contributed by atoms with E-state index in [2.05, 4.69) is 9.73 Å². The molecule has 1 aliphatic heterocycles. The van der Waals surface area contributed by atoms with Crippen LogP contribution in [0.25, 0.3) is 0 Å². The summed E-state index contributed by atoms with van der Waals surface area (Å²) in [7, 11) is 1.66. The van der Waals surface area contributed by atoms with Crippen molar-refractivity contribution in [2.75, 3.05) is 25.0 Å². The number of alkyl halides is 3. The molecule has 1 aromatic rings. The number of aliphatic imine (C=N–C) groups is 1. The molecular weight excluding hydrogens is 273 g/mol. The van der Waals surface area contributed by atoms with Crippen LogP contribution in [0.1, 0.15) is 12.0 Å². The molecule has 0 unspecified atom stereocenters. The van der Waals surface area contributed by atoms with E-state index in [-0.39, 0.29) is 11.5 Å². The molecule has 0 saturated carbocycles. The normalized spacial score (nSPS) is 17.9. The molecule has 0 amide bonds. The fourth-order valence-electron chi connectivity index (χ4n) is 2.35. The number of rotatable bonds is 2. The van der Waals surface area contributed by atoms with Crippen molar-refractivity contribution in [3.63, 3.8) is 0 Å². The lowest BCUT2D eigenvalue weighted by Crippen LogP contribution is -2.24. The molecule has 1 fully saturated rings. The Morgan fingerprint density at radius 1 is 1.35 bits per heavy atom. The van der Waals surface area contributed by atoms with E-state index in [4.69, 9.17) is 0 Å². The minimum Gasteiger partial charge on any atom is -0.508 e. The molecule has 0 radical (unpaired) electrons. The number of phenolic OH excluding ortho intramolecular Hbond substituents is 1. The molecule has 1 saturated heterocycles. The smallest absolute Gasteiger partial charge is 0.508 e. The summed E-state index contributed by atoms with van der Waals surface area (Å²) in [5, 5.41) is 9.47. The van der Waals surface area contributed by atoms with Gasteiger partial charge in [-0.05, 0) is 18.6 Å².